The Morgan fingerprint density at radius 2 is 1.91 bits per heavy atom. The van der Waals surface area contributed by atoms with Crippen molar-refractivity contribution in [3.8, 4) is 5.75 Å². The summed E-state index contributed by atoms with van der Waals surface area (Å²) in [5, 5.41) is 3.93. The van der Waals surface area contributed by atoms with Crippen LogP contribution in [-0.4, -0.2) is 69.8 Å². The zero-order valence-electron chi connectivity index (χ0n) is 19.1. The molecule has 0 unspecified atom stereocenters. The number of hydrogen-bond donors (Lipinski definition) is 1. The molecule has 1 amide bonds. The van der Waals surface area contributed by atoms with Gasteiger partial charge >= 0.3 is 0 Å². The quantitative estimate of drug-likeness (QED) is 0.613. The van der Waals surface area contributed by atoms with Gasteiger partial charge in [-0.25, -0.2) is 15.0 Å². The van der Waals surface area contributed by atoms with E-state index in [9.17, 15) is 9.59 Å². The van der Waals surface area contributed by atoms with Gasteiger partial charge in [0.05, 0.1) is 30.2 Å². The van der Waals surface area contributed by atoms with Crippen LogP contribution < -0.4 is 15.0 Å². The second kappa shape index (κ2) is 9.76. The van der Waals surface area contributed by atoms with E-state index in [1.165, 1.54) is 24.0 Å². The highest BCUT2D eigenvalue weighted by molar-refractivity contribution is 5.93. The van der Waals surface area contributed by atoms with Gasteiger partial charge in [-0.15, -0.1) is 0 Å². The molecular weight excluding hydrogens is 436 g/mol. The van der Waals surface area contributed by atoms with E-state index < -0.39 is 0 Å². The predicted molar refractivity (Wildman–Crippen MR) is 125 cm³/mol. The fraction of sp³-hybridized carbons (Fsp3) is 0.458. The zero-order chi connectivity index (χ0) is 23.5. The number of carbonyl (C=O) groups is 2. The molecule has 178 valence electrons. The van der Waals surface area contributed by atoms with E-state index in [2.05, 4.69) is 37.3 Å². The second-order valence-corrected chi connectivity index (χ2v) is 8.75. The molecule has 3 aromatic rings. The summed E-state index contributed by atoms with van der Waals surface area (Å²) in [5.74, 6) is 0.354. The van der Waals surface area contributed by atoms with Crippen LogP contribution in [0, 0.1) is 0 Å². The summed E-state index contributed by atoms with van der Waals surface area (Å²) in [5.41, 5.74) is 2.19. The van der Waals surface area contributed by atoms with E-state index in [1.807, 2.05) is 0 Å². The maximum absolute atomic E-state index is 12.5. The highest BCUT2D eigenvalue weighted by Gasteiger charge is 2.26. The van der Waals surface area contributed by atoms with E-state index in [0.717, 1.165) is 61.1 Å². The number of morpholine rings is 1. The van der Waals surface area contributed by atoms with Crippen molar-refractivity contribution in [2.45, 2.75) is 44.8 Å². The van der Waals surface area contributed by atoms with Crippen molar-refractivity contribution in [1.82, 2.24) is 24.8 Å². The van der Waals surface area contributed by atoms with Gasteiger partial charge in [-0.1, -0.05) is 0 Å². The van der Waals surface area contributed by atoms with Crippen molar-refractivity contribution < 1.29 is 19.1 Å². The van der Waals surface area contributed by atoms with Crippen molar-refractivity contribution in [3.05, 3.63) is 42.9 Å². The Bertz CT molecular complexity index is 1180. The van der Waals surface area contributed by atoms with Gasteiger partial charge in [-0.3, -0.25) is 14.2 Å². The predicted octanol–water partition coefficient (Wildman–Crippen LogP) is 2.44. The Labute approximate surface area is 197 Å². The first-order valence-electron chi connectivity index (χ1n) is 11.7. The number of imidazole rings is 1. The Morgan fingerprint density at radius 1 is 1.12 bits per heavy atom. The van der Waals surface area contributed by atoms with E-state index >= 15 is 0 Å². The van der Waals surface area contributed by atoms with Crippen LogP contribution in [0.4, 0.5) is 5.69 Å². The van der Waals surface area contributed by atoms with Crippen LogP contribution in [0.2, 0.25) is 0 Å². The van der Waals surface area contributed by atoms with Gasteiger partial charge in [0.1, 0.15) is 24.1 Å². The Hall–Kier alpha value is -3.53. The fourth-order valence-electron chi connectivity index (χ4n) is 4.52. The SMILES string of the molecule is CC(=O)n1cnc(C(=O)NC2CCC(Oc3cc(N4CCOCC4)cc4ncncc34)CC2)c1. The van der Waals surface area contributed by atoms with Crippen molar-refractivity contribution in [2.24, 2.45) is 0 Å². The van der Waals surface area contributed by atoms with Crippen molar-refractivity contribution >= 4 is 28.4 Å². The number of ether oxygens (including phenoxy) is 2. The summed E-state index contributed by atoms with van der Waals surface area (Å²) < 4.78 is 13.3. The van der Waals surface area contributed by atoms with Crippen LogP contribution in [0.5, 0.6) is 5.75 Å². The van der Waals surface area contributed by atoms with Crippen LogP contribution >= 0.6 is 0 Å². The molecule has 2 aliphatic rings. The normalized spacial score (nSPS) is 20.8. The number of amides is 1. The monoisotopic (exact) mass is 464 g/mol. The first-order valence-corrected chi connectivity index (χ1v) is 11.7. The van der Waals surface area contributed by atoms with Crippen molar-refractivity contribution in [2.75, 3.05) is 31.2 Å². The van der Waals surface area contributed by atoms with Gasteiger partial charge in [0, 0.05) is 50.2 Å². The number of benzene rings is 1. The molecule has 1 aliphatic heterocycles. The summed E-state index contributed by atoms with van der Waals surface area (Å²) >= 11 is 0. The Balaban J connectivity index is 1.23. The minimum atomic E-state index is -0.259. The number of rotatable bonds is 5. The first-order chi connectivity index (χ1) is 16.6. The first kappa shape index (κ1) is 22.3. The highest BCUT2D eigenvalue weighted by atomic mass is 16.5. The molecule has 2 aromatic heterocycles. The van der Waals surface area contributed by atoms with Gasteiger partial charge in [0.2, 0.25) is 5.91 Å². The van der Waals surface area contributed by atoms with Crippen molar-refractivity contribution in [1.29, 1.82) is 0 Å². The number of anilines is 1. The average Bonchev–Trinajstić information content (AvgIpc) is 3.37. The van der Waals surface area contributed by atoms with Crippen LogP contribution in [0.15, 0.2) is 37.2 Å². The Morgan fingerprint density at radius 3 is 2.65 bits per heavy atom. The molecule has 3 heterocycles. The van der Waals surface area contributed by atoms with Gasteiger partial charge in [-0.05, 0) is 31.7 Å². The third-order valence-corrected chi connectivity index (χ3v) is 6.43. The number of carbonyl (C=O) groups excluding carboxylic acids is 2. The molecule has 10 heteroatoms. The molecule has 0 radical (unpaired) electrons. The topological polar surface area (TPSA) is 111 Å². The molecule has 0 bridgehead atoms. The number of nitrogens with zero attached hydrogens (tertiary/aromatic N) is 5. The highest BCUT2D eigenvalue weighted by Crippen LogP contribution is 2.33. The van der Waals surface area contributed by atoms with Crippen LogP contribution in [0.1, 0.15) is 47.9 Å². The zero-order valence-corrected chi connectivity index (χ0v) is 19.1. The molecule has 1 saturated carbocycles. The third kappa shape index (κ3) is 4.86. The molecule has 1 aromatic carbocycles. The summed E-state index contributed by atoms with van der Waals surface area (Å²) in [6, 6.07) is 4.21. The lowest BCUT2D eigenvalue weighted by atomic mass is 9.92. The summed E-state index contributed by atoms with van der Waals surface area (Å²) in [4.78, 5) is 38.9. The van der Waals surface area contributed by atoms with Gasteiger partial charge in [0.25, 0.3) is 5.91 Å². The van der Waals surface area contributed by atoms with E-state index in [1.54, 1.807) is 12.5 Å². The molecule has 0 atom stereocenters. The average molecular weight is 465 g/mol. The number of aromatic nitrogens is 4. The van der Waals surface area contributed by atoms with E-state index in [-0.39, 0.29) is 29.7 Å². The van der Waals surface area contributed by atoms with E-state index in [4.69, 9.17) is 9.47 Å². The van der Waals surface area contributed by atoms with E-state index in [0.29, 0.717) is 13.2 Å². The van der Waals surface area contributed by atoms with Crippen molar-refractivity contribution in [3.63, 3.8) is 0 Å². The lowest BCUT2D eigenvalue weighted by Gasteiger charge is -2.31. The summed E-state index contributed by atoms with van der Waals surface area (Å²) in [6.45, 7) is 4.53. The van der Waals surface area contributed by atoms with Crippen LogP contribution in [-0.2, 0) is 4.74 Å². The molecule has 5 rings (SSSR count). The summed E-state index contributed by atoms with van der Waals surface area (Å²) in [6.07, 6.45) is 9.49. The largest absolute Gasteiger partial charge is 0.490 e. The Kier molecular flexibility index (Phi) is 6.39. The lowest BCUT2D eigenvalue weighted by Crippen LogP contribution is -2.40. The second-order valence-electron chi connectivity index (χ2n) is 8.75. The molecule has 1 aliphatic carbocycles. The molecular formula is C24H28N6O4. The molecule has 2 fully saturated rings. The smallest absolute Gasteiger partial charge is 0.271 e. The molecule has 0 spiro atoms. The fourth-order valence-corrected chi connectivity index (χ4v) is 4.52. The van der Waals surface area contributed by atoms with Gasteiger partial charge in [0.15, 0.2) is 0 Å². The number of hydrogen-bond acceptors (Lipinski definition) is 8. The molecule has 34 heavy (non-hydrogen) atoms. The van der Waals surface area contributed by atoms with Crippen LogP contribution in [0.25, 0.3) is 10.9 Å². The third-order valence-electron chi connectivity index (χ3n) is 6.43. The minimum absolute atomic E-state index is 0.0495. The number of nitrogens with one attached hydrogen (secondary N) is 1. The minimum Gasteiger partial charge on any atom is -0.490 e. The lowest BCUT2D eigenvalue weighted by molar-refractivity contribution is 0.0890. The van der Waals surface area contributed by atoms with Gasteiger partial charge < -0.3 is 19.7 Å². The van der Waals surface area contributed by atoms with Crippen LogP contribution in [0.3, 0.4) is 0 Å². The summed E-state index contributed by atoms with van der Waals surface area (Å²) in [7, 11) is 0. The number of fused-ring (bicyclic) bond motifs is 1. The maximum atomic E-state index is 12.5. The van der Waals surface area contributed by atoms with Gasteiger partial charge in [-0.2, -0.15) is 0 Å². The maximum Gasteiger partial charge on any atom is 0.271 e. The standard InChI is InChI=1S/C24H28N6O4/c1-16(31)30-13-22(27-15-30)24(32)28-17-2-4-19(5-3-17)34-23-11-18(29-6-8-33-9-7-29)10-21-20(23)12-25-14-26-21/h10-15,17,19H,2-9H2,1H3,(H,28,32). The molecule has 1 saturated heterocycles. The molecule has 10 nitrogen and oxygen atoms in total. The molecule has 1 N–H and O–H groups in total.